The molecule has 0 spiro atoms. The minimum absolute atomic E-state index is 0.0935. The van der Waals surface area contributed by atoms with Gasteiger partial charge in [-0.15, -0.1) is 0 Å². The van der Waals surface area contributed by atoms with Crippen LogP contribution in [0.4, 0.5) is 0 Å². The fourth-order valence-corrected chi connectivity index (χ4v) is 2.46. The Kier molecular flexibility index (Phi) is 3.03. The van der Waals surface area contributed by atoms with Crippen molar-refractivity contribution in [3.8, 4) is 0 Å². The summed E-state index contributed by atoms with van der Waals surface area (Å²) in [4.78, 5) is 15.5. The van der Waals surface area contributed by atoms with Gasteiger partial charge < -0.3 is 9.40 Å². The third kappa shape index (κ3) is 2.12. The second kappa shape index (κ2) is 4.70. The van der Waals surface area contributed by atoms with Gasteiger partial charge in [0.25, 0.3) is 0 Å². The number of hydrogen-bond donors (Lipinski definition) is 1. The van der Waals surface area contributed by atoms with Crippen LogP contribution in [0.25, 0.3) is 10.9 Å². The van der Waals surface area contributed by atoms with E-state index in [0.717, 1.165) is 27.6 Å². The molecule has 3 nitrogen and oxygen atoms in total. The Balaban J connectivity index is 2.08. The largest absolute Gasteiger partial charge is 0.458 e. The van der Waals surface area contributed by atoms with E-state index in [-0.39, 0.29) is 5.78 Å². The molecule has 0 aliphatic carbocycles. The minimum atomic E-state index is -0.0935. The molecule has 1 N–H and O–H groups in total. The van der Waals surface area contributed by atoms with E-state index >= 15 is 0 Å². The lowest BCUT2D eigenvalue weighted by Gasteiger charge is -1.97. The Hall–Kier alpha value is -1.81. The van der Waals surface area contributed by atoms with Crippen molar-refractivity contribution in [3.05, 3.63) is 58.1 Å². The van der Waals surface area contributed by atoms with Crippen LogP contribution >= 0.6 is 15.9 Å². The lowest BCUT2D eigenvalue weighted by Crippen LogP contribution is -1.98. The first-order valence-corrected chi connectivity index (χ1v) is 6.88. The van der Waals surface area contributed by atoms with Crippen molar-refractivity contribution in [2.75, 3.05) is 0 Å². The van der Waals surface area contributed by atoms with Gasteiger partial charge in [-0.3, -0.25) is 4.79 Å². The molecule has 96 valence electrons. The normalized spacial score (nSPS) is 11.1. The zero-order valence-corrected chi connectivity index (χ0v) is 12.0. The zero-order chi connectivity index (χ0) is 13.4. The molecule has 4 heteroatoms. The maximum absolute atomic E-state index is 12.4. The first-order chi connectivity index (χ1) is 9.19. The Morgan fingerprint density at radius 1 is 1.32 bits per heavy atom. The van der Waals surface area contributed by atoms with Crippen molar-refractivity contribution >= 4 is 32.6 Å². The molecule has 0 aliphatic heterocycles. The van der Waals surface area contributed by atoms with Crippen molar-refractivity contribution in [1.82, 2.24) is 4.98 Å². The van der Waals surface area contributed by atoms with Crippen LogP contribution in [0.15, 0.2) is 45.4 Å². The summed E-state index contributed by atoms with van der Waals surface area (Å²) in [7, 11) is 0. The molecular weight excluding hydrogens is 306 g/mol. The summed E-state index contributed by atoms with van der Waals surface area (Å²) < 4.78 is 6.47. The van der Waals surface area contributed by atoms with Crippen molar-refractivity contribution < 1.29 is 9.21 Å². The highest BCUT2D eigenvalue weighted by atomic mass is 79.9. The SMILES string of the molecule is CCc1ccc(C(=O)c2c[nH]c3ccc(Br)cc23)o1. The van der Waals surface area contributed by atoms with Crippen LogP contribution in [0, 0.1) is 0 Å². The summed E-state index contributed by atoms with van der Waals surface area (Å²) >= 11 is 3.42. The third-order valence-electron chi connectivity index (χ3n) is 3.12. The van der Waals surface area contributed by atoms with E-state index < -0.39 is 0 Å². The molecule has 0 amide bonds. The van der Waals surface area contributed by atoms with Crippen molar-refractivity contribution in [2.24, 2.45) is 0 Å². The number of fused-ring (bicyclic) bond motifs is 1. The molecule has 1 aromatic carbocycles. The van der Waals surface area contributed by atoms with Crippen molar-refractivity contribution in [1.29, 1.82) is 0 Å². The minimum Gasteiger partial charge on any atom is -0.458 e. The fraction of sp³-hybridized carbons (Fsp3) is 0.133. The predicted molar refractivity (Wildman–Crippen MR) is 77.5 cm³/mol. The highest BCUT2D eigenvalue weighted by Crippen LogP contribution is 2.25. The predicted octanol–water partition coefficient (Wildman–Crippen LogP) is 4.32. The number of ketones is 1. The van der Waals surface area contributed by atoms with Crippen LogP contribution in [0.1, 0.15) is 28.8 Å². The Morgan fingerprint density at radius 3 is 2.89 bits per heavy atom. The van der Waals surface area contributed by atoms with Gasteiger partial charge in [-0.2, -0.15) is 0 Å². The number of H-pyrrole nitrogens is 1. The number of halogens is 1. The number of rotatable bonds is 3. The van der Waals surface area contributed by atoms with Gasteiger partial charge in [0.05, 0.1) is 5.56 Å². The number of aromatic amines is 1. The van der Waals surface area contributed by atoms with Gasteiger partial charge in [-0.05, 0) is 30.3 Å². The van der Waals surface area contributed by atoms with Gasteiger partial charge in [0.1, 0.15) is 5.76 Å². The Labute approximate surface area is 118 Å². The van der Waals surface area contributed by atoms with Crippen LogP contribution in [0.5, 0.6) is 0 Å². The number of carbonyl (C=O) groups excluding carboxylic acids is 1. The van der Waals surface area contributed by atoms with E-state index in [4.69, 9.17) is 4.42 Å². The molecule has 0 unspecified atom stereocenters. The lowest BCUT2D eigenvalue weighted by molar-refractivity contribution is 0.101. The van der Waals surface area contributed by atoms with Crippen LogP contribution in [-0.4, -0.2) is 10.8 Å². The molecule has 0 fully saturated rings. The maximum atomic E-state index is 12.4. The summed E-state index contributed by atoms with van der Waals surface area (Å²) in [5.74, 6) is 1.12. The van der Waals surface area contributed by atoms with Crippen LogP contribution in [-0.2, 0) is 6.42 Å². The quantitative estimate of drug-likeness (QED) is 0.731. The van der Waals surface area contributed by atoms with E-state index in [2.05, 4.69) is 20.9 Å². The van der Waals surface area contributed by atoms with Gasteiger partial charge in [-0.1, -0.05) is 22.9 Å². The van der Waals surface area contributed by atoms with Crippen LogP contribution in [0.2, 0.25) is 0 Å². The molecule has 2 aromatic heterocycles. The van der Waals surface area contributed by atoms with Gasteiger partial charge in [-0.25, -0.2) is 0 Å². The molecule has 2 heterocycles. The first kappa shape index (κ1) is 12.2. The third-order valence-corrected chi connectivity index (χ3v) is 3.62. The number of aromatic nitrogens is 1. The molecule has 0 saturated heterocycles. The number of aryl methyl sites for hydroxylation is 1. The number of benzene rings is 1. The summed E-state index contributed by atoms with van der Waals surface area (Å²) in [6.07, 6.45) is 2.51. The molecule has 0 bridgehead atoms. The molecule has 19 heavy (non-hydrogen) atoms. The highest BCUT2D eigenvalue weighted by Gasteiger charge is 2.17. The van der Waals surface area contributed by atoms with Gasteiger partial charge in [0.2, 0.25) is 5.78 Å². The molecule has 3 aromatic rings. The summed E-state index contributed by atoms with van der Waals surface area (Å²) in [5.41, 5.74) is 1.57. The molecule has 3 rings (SSSR count). The van der Waals surface area contributed by atoms with E-state index in [9.17, 15) is 4.79 Å². The van der Waals surface area contributed by atoms with Gasteiger partial charge >= 0.3 is 0 Å². The first-order valence-electron chi connectivity index (χ1n) is 6.09. The van der Waals surface area contributed by atoms with Gasteiger partial charge in [0.15, 0.2) is 5.76 Å². The standard InChI is InChI=1S/C15H12BrNO2/c1-2-10-4-6-14(19-10)15(18)12-8-17-13-5-3-9(16)7-11(12)13/h3-8,17H,2H2,1H3. The molecular formula is C15H12BrNO2. The highest BCUT2D eigenvalue weighted by molar-refractivity contribution is 9.10. The maximum Gasteiger partial charge on any atom is 0.230 e. The van der Waals surface area contributed by atoms with E-state index in [1.807, 2.05) is 31.2 Å². The topological polar surface area (TPSA) is 46.0 Å². The van der Waals surface area contributed by atoms with Gasteiger partial charge in [0, 0.05) is 28.0 Å². The summed E-state index contributed by atoms with van der Waals surface area (Å²) in [6.45, 7) is 2.00. The average Bonchev–Trinajstić information content (AvgIpc) is 3.04. The van der Waals surface area contributed by atoms with Crippen molar-refractivity contribution in [2.45, 2.75) is 13.3 Å². The molecule has 0 aliphatic rings. The molecule has 0 radical (unpaired) electrons. The van der Waals surface area contributed by atoms with Crippen LogP contribution in [0.3, 0.4) is 0 Å². The zero-order valence-electron chi connectivity index (χ0n) is 10.4. The summed E-state index contributed by atoms with van der Waals surface area (Å²) in [5, 5.41) is 0.897. The van der Waals surface area contributed by atoms with Crippen LogP contribution < -0.4 is 0 Å². The van der Waals surface area contributed by atoms with E-state index in [1.54, 1.807) is 12.3 Å². The number of nitrogens with one attached hydrogen (secondary N) is 1. The van der Waals surface area contributed by atoms with E-state index in [1.165, 1.54) is 0 Å². The number of furan rings is 1. The van der Waals surface area contributed by atoms with Crippen molar-refractivity contribution in [3.63, 3.8) is 0 Å². The molecule has 0 atom stereocenters. The monoisotopic (exact) mass is 317 g/mol. The summed E-state index contributed by atoms with van der Waals surface area (Å²) in [6, 6.07) is 9.39. The second-order valence-electron chi connectivity index (χ2n) is 4.34. The van der Waals surface area contributed by atoms with E-state index in [0.29, 0.717) is 11.3 Å². The second-order valence-corrected chi connectivity index (χ2v) is 5.26. The smallest absolute Gasteiger partial charge is 0.230 e. The average molecular weight is 318 g/mol. The molecule has 0 saturated carbocycles. The fourth-order valence-electron chi connectivity index (χ4n) is 2.10. The lowest BCUT2D eigenvalue weighted by atomic mass is 10.1. The Bertz CT molecular complexity index is 754. The number of carbonyl (C=O) groups is 1. The Morgan fingerprint density at radius 2 is 2.16 bits per heavy atom. The number of hydrogen-bond acceptors (Lipinski definition) is 2.